The maximum Gasteiger partial charge on any atom is 0.316 e. The standard InChI is InChI=1S/C14H16O4/c1-16-13(15)14(5-6-14)10-3-4-11-12(9-10)18-8-2-7-17-11/h3-4,9H,2,5-8H2,1H3. The molecule has 0 amide bonds. The fourth-order valence-electron chi connectivity index (χ4n) is 2.39. The van der Waals surface area contributed by atoms with E-state index in [-0.39, 0.29) is 5.97 Å². The molecule has 4 heteroatoms. The fourth-order valence-corrected chi connectivity index (χ4v) is 2.39. The third kappa shape index (κ3) is 1.72. The minimum atomic E-state index is -0.445. The molecule has 0 saturated heterocycles. The second kappa shape index (κ2) is 4.19. The van der Waals surface area contributed by atoms with Gasteiger partial charge in [0, 0.05) is 6.42 Å². The normalized spacial score (nSPS) is 19.8. The Morgan fingerprint density at radius 1 is 1.22 bits per heavy atom. The number of ether oxygens (including phenoxy) is 3. The Hall–Kier alpha value is -1.71. The van der Waals surface area contributed by atoms with Crippen LogP contribution >= 0.6 is 0 Å². The molecule has 96 valence electrons. The van der Waals surface area contributed by atoms with Gasteiger partial charge in [-0.2, -0.15) is 0 Å². The molecule has 0 radical (unpaired) electrons. The first-order valence-corrected chi connectivity index (χ1v) is 6.25. The first-order valence-electron chi connectivity index (χ1n) is 6.25. The quantitative estimate of drug-likeness (QED) is 0.751. The van der Waals surface area contributed by atoms with E-state index >= 15 is 0 Å². The van der Waals surface area contributed by atoms with Crippen LogP contribution in [0.25, 0.3) is 0 Å². The molecule has 0 bridgehead atoms. The van der Waals surface area contributed by atoms with Gasteiger partial charge in [-0.25, -0.2) is 0 Å². The second-order valence-corrected chi connectivity index (χ2v) is 4.79. The van der Waals surface area contributed by atoms with Crippen molar-refractivity contribution in [1.29, 1.82) is 0 Å². The first kappa shape index (κ1) is 11.4. The van der Waals surface area contributed by atoms with Crippen molar-refractivity contribution in [2.75, 3.05) is 20.3 Å². The molecule has 4 nitrogen and oxygen atoms in total. The van der Waals surface area contributed by atoms with Crippen molar-refractivity contribution in [2.24, 2.45) is 0 Å². The molecule has 1 aromatic rings. The monoisotopic (exact) mass is 248 g/mol. The van der Waals surface area contributed by atoms with Crippen molar-refractivity contribution in [1.82, 2.24) is 0 Å². The highest BCUT2D eigenvalue weighted by Crippen LogP contribution is 2.50. The van der Waals surface area contributed by atoms with Gasteiger partial charge in [0.15, 0.2) is 11.5 Å². The molecule has 1 heterocycles. The minimum Gasteiger partial charge on any atom is -0.490 e. The van der Waals surface area contributed by atoms with Crippen LogP contribution in [0.4, 0.5) is 0 Å². The summed E-state index contributed by atoms with van der Waals surface area (Å²) in [6.45, 7) is 1.33. The lowest BCUT2D eigenvalue weighted by Gasteiger charge is -2.15. The van der Waals surface area contributed by atoms with E-state index in [4.69, 9.17) is 14.2 Å². The SMILES string of the molecule is COC(=O)C1(c2ccc3c(c2)OCCCO3)CC1. The van der Waals surface area contributed by atoms with Crippen molar-refractivity contribution >= 4 is 5.97 Å². The summed E-state index contributed by atoms with van der Waals surface area (Å²) in [6.07, 6.45) is 2.57. The number of carbonyl (C=O) groups is 1. The van der Waals surface area contributed by atoms with Crippen LogP contribution in [0.1, 0.15) is 24.8 Å². The van der Waals surface area contributed by atoms with Crippen molar-refractivity contribution < 1.29 is 19.0 Å². The number of fused-ring (bicyclic) bond motifs is 1. The van der Waals surface area contributed by atoms with Crippen molar-refractivity contribution in [3.05, 3.63) is 23.8 Å². The summed E-state index contributed by atoms with van der Waals surface area (Å²) < 4.78 is 16.1. The Morgan fingerprint density at radius 3 is 2.61 bits per heavy atom. The molecule has 0 atom stereocenters. The Morgan fingerprint density at radius 2 is 1.94 bits per heavy atom. The molecular weight excluding hydrogens is 232 g/mol. The number of rotatable bonds is 2. The predicted molar refractivity (Wildman–Crippen MR) is 65.0 cm³/mol. The third-order valence-electron chi connectivity index (χ3n) is 3.63. The molecule has 18 heavy (non-hydrogen) atoms. The van der Waals surface area contributed by atoms with E-state index in [1.165, 1.54) is 7.11 Å². The molecule has 1 aliphatic carbocycles. The number of esters is 1. The first-order chi connectivity index (χ1) is 8.76. The van der Waals surface area contributed by atoms with Crippen LogP contribution in [0.15, 0.2) is 18.2 Å². The average Bonchev–Trinajstić information content (AvgIpc) is 3.21. The molecule has 2 aliphatic rings. The average molecular weight is 248 g/mol. The number of carbonyl (C=O) groups excluding carboxylic acids is 1. The van der Waals surface area contributed by atoms with Gasteiger partial charge in [0.25, 0.3) is 0 Å². The predicted octanol–water partition coefficient (Wildman–Crippen LogP) is 2.05. The number of benzene rings is 1. The molecule has 3 rings (SSSR count). The molecule has 0 unspecified atom stereocenters. The van der Waals surface area contributed by atoms with Crippen molar-refractivity contribution in [3.63, 3.8) is 0 Å². The summed E-state index contributed by atoms with van der Waals surface area (Å²) in [5, 5.41) is 0. The van der Waals surface area contributed by atoms with Gasteiger partial charge >= 0.3 is 5.97 Å². The summed E-state index contributed by atoms with van der Waals surface area (Å²) in [5.74, 6) is 1.34. The van der Waals surface area contributed by atoms with Gasteiger partial charge in [0.1, 0.15) is 0 Å². The van der Waals surface area contributed by atoms with E-state index in [2.05, 4.69) is 0 Å². The molecule has 1 fully saturated rings. The maximum absolute atomic E-state index is 11.8. The van der Waals surface area contributed by atoms with Crippen LogP contribution < -0.4 is 9.47 Å². The molecular formula is C14H16O4. The van der Waals surface area contributed by atoms with Gasteiger partial charge in [0.2, 0.25) is 0 Å². The summed E-state index contributed by atoms with van der Waals surface area (Å²) in [7, 11) is 1.44. The fraction of sp³-hybridized carbons (Fsp3) is 0.500. The number of hydrogen-bond acceptors (Lipinski definition) is 4. The van der Waals surface area contributed by atoms with Crippen LogP contribution in [0.2, 0.25) is 0 Å². The molecule has 1 saturated carbocycles. The zero-order valence-electron chi connectivity index (χ0n) is 10.4. The molecule has 1 aromatic carbocycles. The largest absolute Gasteiger partial charge is 0.490 e. The number of hydrogen-bond donors (Lipinski definition) is 0. The van der Waals surface area contributed by atoms with Gasteiger partial charge in [0.05, 0.1) is 25.7 Å². The highest BCUT2D eigenvalue weighted by atomic mass is 16.5. The van der Waals surface area contributed by atoms with Crippen molar-refractivity contribution in [3.8, 4) is 11.5 Å². The third-order valence-corrected chi connectivity index (χ3v) is 3.63. The van der Waals surface area contributed by atoms with E-state index in [1.807, 2.05) is 18.2 Å². The van der Waals surface area contributed by atoms with Gasteiger partial charge in [-0.05, 0) is 30.5 Å². The van der Waals surface area contributed by atoms with E-state index in [0.29, 0.717) is 13.2 Å². The lowest BCUT2D eigenvalue weighted by molar-refractivity contribution is -0.143. The lowest BCUT2D eigenvalue weighted by atomic mass is 9.96. The van der Waals surface area contributed by atoms with Gasteiger partial charge in [-0.3, -0.25) is 4.79 Å². The summed E-state index contributed by atoms with van der Waals surface area (Å²) in [6, 6.07) is 5.75. The maximum atomic E-state index is 11.8. The molecule has 1 aliphatic heterocycles. The van der Waals surface area contributed by atoms with Crippen LogP contribution in [-0.2, 0) is 14.9 Å². The molecule has 0 aromatic heterocycles. The summed E-state index contributed by atoms with van der Waals surface area (Å²) in [5.41, 5.74) is 0.526. The smallest absolute Gasteiger partial charge is 0.316 e. The van der Waals surface area contributed by atoms with E-state index in [0.717, 1.165) is 36.3 Å². The molecule has 0 spiro atoms. The van der Waals surface area contributed by atoms with Crippen LogP contribution in [-0.4, -0.2) is 26.3 Å². The zero-order chi connectivity index (χ0) is 12.6. The summed E-state index contributed by atoms with van der Waals surface area (Å²) >= 11 is 0. The van der Waals surface area contributed by atoms with E-state index in [9.17, 15) is 4.79 Å². The highest BCUT2D eigenvalue weighted by Gasteiger charge is 2.52. The Bertz CT molecular complexity index is 477. The minimum absolute atomic E-state index is 0.156. The van der Waals surface area contributed by atoms with E-state index in [1.54, 1.807) is 0 Å². The van der Waals surface area contributed by atoms with E-state index < -0.39 is 5.41 Å². The second-order valence-electron chi connectivity index (χ2n) is 4.79. The topological polar surface area (TPSA) is 44.8 Å². The van der Waals surface area contributed by atoms with Crippen molar-refractivity contribution in [2.45, 2.75) is 24.7 Å². The molecule has 0 N–H and O–H groups in total. The van der Waals surface area contributed by atoms with Gasteiger partial charge in [-0.1, -0.05) is 6.07 Å². The lowest BCUT2D eigenvalue weighted by Crippen LogP contribution is -2.21. The summed E-state index contributed by atoms with van der Waals surface area (Å²) in [4.78, 5) is 11.8. The van der Waals surface area contributed by atoms with Crippen LogP contribution in [0.5, 0.6) is 11.5 Å². The highest BCUT2D eigenvalue weighted by molar-refractivity contribution is 5.86. The Balaban J connectivity index is 1.95. The van der Waals surface area contributed by atoms with Crippen LogP contribution in [0, 0.1) is 0 Å². The number of methoxy groups -OCH3 is 1. The zero-order valence-corrected chi connectivity index (χ0v) is 10.4. The van der Waals surface area contributed by atoms with Gasteiger partial charge in [-0.15, -0.1) is 0 Å². The Labute approximate surface area is 106 Å². The Kier molecular flexibility index (Phi) is 2.65. The van der Waals surface area contributed by atoms with Gasteiger partial charge < -0.3 is 14.2 Å². The van der Waals surface area contributed by atoms with Crippen LogP contribution in [0.3, 0.4) is 0 Å².